The van der Waals surface area contributed by atoms with Crippen LogP contribution in [-0.2, 0) is 11.2 Å². The highest BCUT2D eigenvalue weighted by molar-refractivity contribution is 5.96. The van der Waals surface area contributed by atoms with Gasteiger partial charge < -0.3 is 20.1 Å². The van der Waals surface area contributed by atoms with Crippen LogP contribution in [0.5, 0.6) is 11.5 Å². The van der Waals surface area contributed by atoms with Crippen LogP contribution in [0.3, 0.4) is 0 Å². The molecule has 0 saturated carbocycles. The smallest absolute Gasteiger partial charge is 0.251 e. The van der Waals surface area contributed by atoms with E-state index in [-0.39, 0.29) is 18.4 Å². The second-order valence-electron chi connectivity index (χ2n) is 5.80. The van der Waals surface area contributed by atoms with E-state index < -0.39 is 0 Å². The lowest BCUT2D eigenvalue weighted by atomic mass is 10.1. The Morgan fingerprint density at radius 3 is 2.30 bits per heavy atom. The van der Waals surface area contributed by atoms with E-state index in [1.807, 2.05) is 38.1 Å². The van der Waals surface area contributed by atoms with Gasteiger partial charge in [0.2, 0.25) is 5.91 Å². The van der Waals surface area contributed by atoms with E-state index in [2.05, 4.69) is 10.6 Å². The zero-order valence-electron chi connectivity index (χ0n) is 15.8. The van der Waals surface area contributed by atoms with Gasteiger partial charge in [-0.25, -0.2) is 0 Å². The third kappa shape index (κ3) is 6.66. The van der Waals surface area contributed by atoms with Gasteiger partial charge in [-0.1, -0.05) is 24.3 Å². The Kier molecular flexibility index (Phi) is 8.16. The highest BCUT2D eigenvalue weighted by Crippen LogP contribution is 2.28. The first kappa shape index (κ1) is 20.3. The summed E-state index contributed by atoms with van der Waals surface area (Å²) in [6.07, 6.45) is 0.658. The first-order chi connectivity index (χ1) is 13.1. The van der Waals surface area contributed by atoms with E-state index in [4.69, 9.17) is 9.47 Å². The lowest BCUT2D eigenvalue weighted by Crippen LogP contribution is -2.37. The molecule has 0 unspecified atom stereocenters. The van der Waals surface area contributed by atoms with Crippen molar-refractivity contribution in [2.45, 2.75) is 20.3 Å². The summed E-state index contributed by atoms with van der Waals surface area (Å²) < 4.78 is 11.1. The van der Waals surface area contributed by atoms with Gasteiger partial charge >= 0.3 is 0 Å². The van der Waals surface area contributed by atoms with E-state index in [9.17, 15) is 9.59 Å². The molecule has 0 radical (unpaired) electrons. The maximum absolute atomic E-state index is 11.9. The number of amides is 2. The van der Waals surface area contributed by atoms with Crippen molar-refractivity contribution in [1.82, 2.24) is 10.6 Å². The highest BCUT2D eigenvalue weighted by atomic mass is 16.5. The van der Waals surface area contributed by atoms with Crippen LogP contribution in [0.25, 0.3) is 0 Å². The molecule has 0 aliphatic rings. The van der Waals surface area contributed by atoms with Gasteiger partial charge in [-0.2, -0.15) is 0 Å². The molecule has 0 saturated heterocycles. The molecule has 6 nitrogen and oxygen atoms in total. The molecular weight excluding hydrogens is 344 g/mol. The van der Waals surface area contributed by atoms with Crippen molar-refractivity contribution in [3.05, 3.63) is 59.7 Å². The first-order valence-corrected chi connectivity index (χ1v) is 9.12. The van der Waals surface area contributed by atoms with Gasteiger partial charge in [-0.15, -0.1) is 0 Å². The molecule has 0 heterocycles. The van der Waals surface area contributed by atoms with Crippen LogP contribution in [0, 0.1) is 0 Å². The van der Waals surface area contributed by atoms with Gasteiger partial charge in [0.15, 0.2) is 11.5 Å². The van der Waals surface area contributed by atoms with Crippen molar-refractivity contribution < 1.29 is 19.1 Å². The molecule has 0 bridgehead atoms. The number of hydrogen-bond donors (Lipinski definition) is 2. The lowest BCUT2D eigenvalue weighted by molar-refractivity contribution is -0.120. The number of nitrogens with one attached hydrogen (secondary N) is 2. The second kappa shape index (κ2) is 10.9. The fraction of sp³-hybridized carbons (Fsp3) is 0.333. The standard InChI is InChI=1S/C21H26N2O4/c1-3-26-18-11-10-16(14-19(18)27-4-2)12-13-22-20(24)15-23-21(25)17-8-6-5-7-9-17/h5-11,14H,3-4,12-13,15H2,1-2H3,(H,22,24)(H,23,25). The van der Waals surface area contributed by atoms with E-state index in [1.54, 1.807) is 24.3 Å². The fourth-order valence-corrected chi connectivity index (χ4v) is 2.51. The summed E-state index contributed by atoms with van der Waals surface area (Å²) in [4.78, 5) is 23.8. The number of benzene rings is 2. The van der Waals surface area contributed by atoms with Crippen LogP contribution in [0.15, 0.2) is 48.5 Å². The summed E-state index contributed by atoms with van der Waals surface area (Å²) in [7, 11) is 0. The largest absolute Gasteiger partial charge is 0.490 e. The van der Waals surface area contributed by atoms with Crippen molar-refractivity contribution >= 4 is 11.8 Å². The van der Waals surface area contributed by atoms with Crippen molar-refractivity contribution in [2.24, 2.45) is 0 Å². The minimum atomic E-state index is -0.265. The number of ether oxygens (including phenoxy) is 2. The molecule has 0 aliphatic heterocycles. The van der Waals surface area contributed by atoms with Crippen LogP contribution in [0.2, 0.25) is 0 Å². The maximum atomic E-state index is 11.9. The summed E-state index contributed by atoms with van der Waals surface area (Å²) in [6, 6.07) is 14.6. The van der Waals surface area contributed by atoms with Crippen molar-refractivity contribution in [1.29, 1.82) is 0 Å². The Morgan fingerprint density at radius 2 is 1.59 bits per heavy atom. The third-order valence-corrected chi connectivity index (χ3v) is 3.79. The van der Waals surface area contributed by atoms with E-state index in [0.29, 0.717) is 37.5 Å². The highest BCUT2D eigenvalue weighted by Gasteiger charge is 2.08. The van der Waals surface area contributed by atoms with Crippen LogP contribution in [-0.4, -0.2) is 38.1 Å². The fourth-order valence-electron chi connectivity index (χ4n) is 2.51. The zero-order valence-corrected chi connectivity index (χ0v) is 15.8. The molecular formula is C21H26N2O4. The zero-order chi connectivity index (χ0) is 19.5. The Bertz CT molecular complexity index is 747. The molecule has 2 aromatic rings. The van der Waals surface area contributed by atoms with E-state index in [0.717, 1.165) is 11.3 Å². The summed E-state index contributed by atoms with van der Waals surface area (Å²) in [6.45, 7) is 5.40. The van der Waals surface area contributed by atoms with E-state index in [1.165, 1.54) is 0 Å². The molecule has 0 aliphatic carbocycles. The molecule has 0 atom stereocenters. The molecule has 6 heteroatoms. The SMILES string of the molecule is CCOc1ccc(CCNC(=O)CNC(=O)c2ccccc2)cc1OCC. The first-order valence-electron chi connectivity index (χ1n) is 9.12. The number of rotatable bonds is 10. The molecule has 2 amide bonds. The second-order valence-corrected chi connectivity index (χ2v) is 5.80. The predicted molar refractivity (Wildman–Crippen MR) is 104 cm³/mol. The lowest BCUT2D eigenvalue weighted by Gasteiger charge is -2.12. The Labute approximate surface area is 159 Å². The van der Waals surface area contributed by atoms with Gasteiger partial charge in [-0.3, -0.25) is 9.59 Å². The van der Waals surface area contributed by atoms with Crippen LogP contribution in [0.1, 0.15) is 29.8 Å². The summed E-state index contributed by atoms with van der Waals surface area (Å²) in [5.41, 5.74) is 1.57. The summed E-state index contributed by atoms with van der Waals surface area (Å²) >= 11 is 0. The third-order valence-electron chi connectivity index (χ3n) is 3.79. The Balaban J connectivity index is 1.77. The minimum Gasteiger partial charge on any atom is -0.490 e. The molecule has 0 aromatic heterocycles. The average molecular weight is 370 g/mol. The summed E-state index contributed by atoms with van der Waals surface area (Å²) in [5, 5.41) is 5.41. The quantitative estimate of drug-likeness (QED) is 0.674. The molecule has 0 spiro atoms. The van der Waals surface area contributed by atoms with Crippen molar-refractivity contribution in [3.8, 4) is 11.5 Å². The number of hydrogen-bond acceptors (Lipinski definition) is 4. The minimum absolute atomic E-state index is 0.0544. The monoisotopic (exact) mass is 370 g/mol. The molecule has 2 rings (SSSR count). The van der Waals surface area contributed by atoms with Crippen LogP contribution < -0.4 is 20.1 Å². The molecule has 144 valence electrons. The van der Waals surface area contributed by atoms with Gasteiger partial charge in [-0.05, 0) is 50.1 Å². The van der Waals surface area contributed by atoms with Crippen LogP contribution >= 0.6 is 0 Å². The average Bonchev–Trinajstić information content (AvgIpc) is 2.69. The van der Waals surface area contributed by atoms with Crippen molar-refractivity contribution in [3.63, 3.8) is 0 Å². The van der Waals surface area contributed by atoms with Crippen LogP contribution in [0.4, 0.5) is 0 Å². The normalized spacial score (nSPS) is 10.1. The molecule has 0 fully saturated rings. The Morgan fingerprint density at radius 1 is 0.889 bits per heavy atom. The molecule has 2 aromatic carbocycles. The Hall–Kier alpha value is -3.02. The topological polar surface area (TPSA) is 76.7 Å². The number of carbonyl (C=O) groups is 2. The van der Waals surface area contributed by atoms with Gasteiger partial charge in [0.25, 0.3) is 5.91 Å². The van der Waals surface area contributed by atoms with Gasteiger partial charge in [0, 0.05) is 12.1 Å². The van der Waals surface area contributed by atoms with E-state index >= 15 is 0 Å². The van der Waals surface area contributed by atoms with Gasteiger partial charge in [0.05, 0.1) is 19.8 Å². The summed E-state index contributed by atoms with van der Waals surface area (Å²) in [5.74, 6) is 0.933. The van der Waals surface area contributed by atoms with Gasteiger partial charge in [0.1, 0.15) is 0 Å². The maximum Gasteiger partial charge on any atom is 0.251 e. The predicted octanol–water partition coefficient (Wildman–Crippen LogP) is 2.57. The molecule has 27 heavy (non-hydrogen) atoms. The van der Waals surface area contributed by atoms with Crippen molar-refractivity contribution in [2.75, 3.05) is 26.3 Å². The number of carbonyl (C=O) groups excluding carboxylic acids is 2. The molecule has 2 N–H and O–H groups in total.